The molecule has 1 N–H and O–H groups in total. The van der Waals surface area contributed by atoms with Crippen molar-refractivity contribution in [3.63, 3.8) is 0 Å². The molecule has 0 spiro atoms. The summed E-state index contributed by atoms with van der Waals surface area (Å²) in [7, 11) is 3.82. The number of hydrogen-bond donors (Lipinski definition) is 1. The van der Waals surface area contributed by atoms with Crippen molar-refractivity contribution in [2.24, 2.45) is 0 Å². The highest BCUT2D eigenvalue weighted by Gasteiger charge is 2.29. The Balaban J connectivity index is 1.65. The first-order chi connectivity index (χ1) is 11.0. The quantitative estimate of drug-likeness (QED) is 0.934. The van der Waals surface area contributed by atoms with Crippen LogP contribution in [-0.4, -0.2) is 43.3 Å². The lowest BCUT2D eigenvalue weighted by Crippen LogP contribution is -2.32. The first kappa shape index (κ1) is 15.7. The summed E-state index contributed by atoms with van der Waals surface area (Å²) in [5.41, 5.74) is 2.50. The van der Waals surface area contributed by atoms with Gasteiger partial charge in [0, 0.05) is 44.9 Å². The van der Waals surface area contributed by atoms with Crippen molar-refractivity contribution in [2.75, 3.05) is 37.4 Å². The van der Waals surface area contributed by atoms with Gasteiger partial charge in [-0.3, -0.25) is 0 Å². The third kappa shape index (κ3) is 3.42. The smallest absolute Gasteiger partial charge is 0.321 e. The SMILES string of the molecule is CN(C)c1cc(NC(=O)N2CCC(c3ccon3)C2)ccc1Cl. The number of carbonyl (C=O) groups is 1. The Labute approximate surface area is 140 Å². The van der Waals surface area contributed by atoms with Gasteiger partial charge in [0.2, 0.25) is 0 Å². The minimum absolute atomic E-state index is 0.108. The lowest BCUT2D eigenvalue weighted by atomic mass is 10.1. The van der Waals surface area contributed by atoms with Gasteiger partial charge < -0.3 is 19.6 Å². The Morgan fingerprint density at radius 1 is 1.43 bits per heavy atom. The van der Waals surface area contributed by atoms with Crippen molar-refractivity contribution in [3.8, 4) is 0 Å². The summed E-state index contributed by atoms with van der Waals surface area (Å²) in [6.07, 6.45) is 2.46. The minimum Gasteiger partial charge on any atom is -0.376 e. The number of halogens is 1. The van der Waals surface area contributed by atoms with Crippen LogP contribution >= 0.6 is 11.6 Å². The van der Waals surface area contributed by atoms with Crippen LogP contribution in [0.1, 0.15) is 18.0 Å². The van der Waals surface area contributed by atoms with Crippen molar-refractivity contribution in [1.82, 2.24) is 10.1 Å². The normalized spacial score (nSPS) is 17.3. The van der Waals surface area contributed by atoms with Gasteiger partial charge in [-0.15, -0.1) is 0 Å². The minimum atomic E-state index is -0.108. The highest BCUT2D eigenvalue weighted by atomic mass is 35.5. The van der Waals surface area contributed by atoms with Crippen LogP contribution in [0.25, 0.3) is 0 Å². The molecule has 3 rings (SSSR count). The molecule has 122 valence electrons. The molecule has 0 aliphatic carbocycles. The summed E-state index contributed by atoms with van der Waals surface area (Å²) in [6, 6.07) is 7.20. The van der Waals surface area contributed by atoms with Gasteiger partial charge in [0.1, 0.15) is 6.26 Å². The number of amides is 2. The largest absolute Gasteiger partial charge is 0.376 e. The highest BCUT2D eigenvalue weighted by Crippen LogP contribution is 2.29. The number of benzene rings is 1. The molecule has 0 bridgehead atoms. The maximum Gasteiger partial charge on any atom is 0.321 e. The van der Waals surface area contributed by atoms with E-state index in [4.69, 9.17) is 16.1 Å². The van der Waals surface area contributed by atoms with Crippen LogP contribution in [0.2, 0.25) is 5.02 Å². The number of aromatic nitrogens is 1. The number of anilines is 2. The van der Waals surface area contributed by atoms with Crippen LogP contribution in [-0.2, 0) is 0 Å². The van der Waals surface area contributed by atoms with Gasteiger partial charge in [-0.05, 0) is 24.6 Å². The molecule has 0 saturated carbocycles. The Morgan fingerprint density at radius 2 is 2.26 bits per heavy atom. The summed E-state index contributed by atoms with van der Waals surface area (Å²) in [6.45, 7) is 1.35. The van der Waals surface area contributed by atoms with E-state index in [-0.39, 0.29) is 11.9 Å². The van der Waals surface area contributed by atoms with E-state index in [1.807, 2.05) is 31.1 Å². The summed E-state index contributed by atoms with van der Waals surface area (Å²) < 4.78 is 4.88. The van der Waals surface area contributed by atoms with E-state index in [9.17, 15) is 4.79 Å². The molecular weight excluding hydrogens is 316 g/mol. The average molecular weight is 335 g/mol. The molecule has 0 radical (unpaired) electrons. The standard InChI is InChI=1S/C16H19ClN4O2/c1-20(2)15-9-12(3-4-13(15)17)18-16(22)21-7-5-11(10-21)14-6-8-23-19-14/h3-4,6,8-9,11H,5,7,10H2,1-2H3,(H,18,22). The third-order valence-corrected chi connectivity index (χ3v) is 4.35. The van der Waals surface area contributed by atoms with Crippen LogP contribution in [0.3, 0.4) is 0 Å². The number of urea groups is 1. The topological polar surface area (TPSA) is 61.6 Å². The van der Waals surface area contributed by atoms with E-state index in [1.54, 1.807) is 23.3 Å². The fourth-order valence-electron chi connectivity index (χ4n) is 2.75. The number of hydrogen-bond acceptors (Lipinski definition) is 4. The van der Waals surface area contributed by atoms with Gasteiger partial charge in [0.15, 0.2) is 0 Å². The lowest BCUT2D eigenvalue weighted by molar-refractivity contribution is 0.222. The predicted octanol–water partition coefficient (Wildman–Crippen LogP) is 3.42. The molecule has 1 saturated heterocycles. The summed E-state index contributed by atoms with van der Waals surface area (Å²) in [4.78, 5) is 16.1. The van der Waals surface area contributed by atoms with Gasteiger partial charge in [-0.2, -0.15) is 0 Å². The monoisotopic (exact) mass is 334 g/mol. The van der Waals surface area contributed by atoms with E-state index >= 15 is 0 Å². The molecule has 1 atom stereocenters. The van der Waals surface area contributed by atoms with Gasteiger partial charge in [-0.25, -0.2) is 4.79 Å². The molecule has 6 nitrogen and oxygen atoms in total. The van der Waals surface area contributed by atoms with Crippen molar-refractivity contribution in [3.05, 3.63) is 41.2 Å². The summed E-state index contributed by atoms with van der Waals surface area (Å²) in [5, 5.41) is 7.55. The van der Waals surface area contributed by atoms with Crippen LogP contribution in [0, 0.1) is 0 Å². The maximum atomic E-state index is 12.4. The lowest BCUT2D eigenvalue weighted by Gasteiger charge is -2.19. The number of rotatable bonds is 3. The zero-order valence-corrected chi connectivity index (χ0v) is 13.9. The molecule has 23 heavy (non-hydrogen) atoms. The highest BCUT2D eigenvalue weighted by molar-refractivity contribution is 6.33. The molecule has 1 aliphatic rings. The first-order valence-corrected chi connectivity index (χ1v) is 7.85. The Morgan fingerprint density at radius 3 is 2.96 bits per heavy atom. The second-order valence-corrected chi connectivity index (χ2v) is 6.25. The van der Waals surface area contributed by atoms with Crippen molar-refractivity contribution < 1.29 is 9.32 Å². The van der Waals surface area contributed by atoms with Crippen LogP contribution in [0.5, 0.6) is 0 Å². The van der Waals surface area contributed by atoms with Crippen LogP contribution < -0.4 is 10.2 Å². The molecule has 2 heterocycles. The molecule has 1 fully saturated rings. The van der Waals surface area contributed by atoms with Gasteiger partial charge >= 0.3 is 6.03 Å². The molecule has 1 aromatic carbocycles. The summed E-state index contributed by atoms with van der Waals surface area (Å²) >= 11 is 6.15. The predicted molar refractivity (Wildman–Crippen MR) is 90.2 cm³/mol. The Bertz CT molecular complexity index is 687. The van der Waals surface area contributed by atoms with E-state index in [0.29, 0.717) is 18.1 Å². The third-order valence-electron chi connectivity index (χ3n) is 4.03. The first-order valence-electron chi connectivity index (χ1n) is 7.47. The number of likely N-dealkylation sites (tertiary alicyclic amines) is 1. The Kier molecular flexibility index (Phi) is 4.43. The van der Waals surface area contributed by atoms with Crippen LogP contribution in [0.4, 0.5) is 16.2 Å². The molecule has 1 aliphatic heterocycles. The second-order valence-electron chi connectivity index (χ2n) is 5.85. The van der Waals surface area contributed by atoms with Crippen molar-refractivity contribution in [1.29, 1.82) is 0 Å². The van der Waals surface area contributed by atoms with Crippen molar-refractivity contribution in [2.45, 2.75) is 12.3 Å². The second kappa shape index (κ2) is 6.50. The molecule has 7 heteroatoms. The summed E-state index contributed by atoms with van der Waals surface area (Å²) in [5.74, 6) is 0.238. The molecule has 1 unspecified atom stereocenters. The molecule has 2 aromatic rings. The molecule has 2 amide bonds. The molecule has 1 aromatic heterocycles. The van der Waals surface area contributed by atoms with Crippen molar-refractivity contribution >= 4 is 29.0 Å². The van der Waals surface area contributed by atoms with E-state index in [2.05, 4.69) is 10.5 Å². The fourth-order valence-corrected chi connectivity index (χ4v) is 3.04. The number of carbonyl (C=O) groups excluding carboxylic acids is 1. The van der Waals surface area contributed by atoms with Gasteiger partial charge in [-0.1, -0.05) is 16.8 Å². The maximum absolute atomic E-state index is 12.4. The fraction of sp³-hybridized carbons (Fsp3) is 0.375. The van der Waals surface area contributed by atoms with E-state index in [0.717, 1.165) is 23.5 Å². The average Bonchev–Trinajstić information content (AvgIpc) is 3.19. The van der Waals surface area contributed by atoms with Crippen LogP contribution in [0.15, 0.2) is 35.1 Å². The Hall–Kier alpha value is -2.21. The number of nitrogens with one attached hydrogen (secondary N) is 1. The zero-order valence-electron chi connectivity index (χ0n) is 13.1. The molecular formula is C16H19ClN4O2. The van der Waals surface area contributed by atoms with E-state index in [1.165, 1.54) is 0 Å². The van der Waals surface area contributed by atoms with Gasteiger partial charge in [0.05, 0.1) is 16.4 Å². The zero-order chi connectivity index (χ0) is 16.4. The number of nitrogens with zero attached hydrogens (tertiary/aromatic N) is 3. The van der Waals surface area contributed by atoms with Gasteiger partial charge in [0.25, 0.3) is 0 Å². The van der Waals surface area contributed by atoms with E-state index < -0.39 is 0 Å².